The number of aliphatic hydroxyl groups excluding tert-OH is 1. The third-order valence-electron chi connectivity index (χ3n) is 7.80. The predicted octanol–water partition coefficient (Wildman–Crippen LogP) is 3.44. The van der Waals surface area contributed by atoms with E-state index in [4.69, 9.17) is 18.9 Å². The van der Waals surface area contributed by atoms with Gasteiger partial charge in [-0.1, -0.05) is 55.5 Å². The fourth-order valence-electron chi connectivity index (χ4n) is 5.48. The largest absolute Gasteiger partial charge is 0.465 e. The molecule has 10 nitrogen and oxygen atoms in total. The quantitative estimate of drug-likeness (QED) is 0.333. The number of methoxy groups -OCH3 is 1. The second-order valence-electron chi connectivity index (χ2n) is 10.7. The number of nitrogens with zero attached hydrogens (tertiary/aromatic N) is 1. The summed E-state index contributed by atoms with van der Waals surface area (Å²) in [5.74, 6) is -0.375. The van der Waals surface area contributed by atoms with Gasteiger partial charge in [-0.05, 0) is 43.0 Å². The lowest BCUT2D eigenvalue weighted by atomic mass is 9.90. The summed E-state index contributed by atoms with van der Waals surface area (Å²) in [6, 6.07) is 15.6. The minimum atomic E-state index is -0.558. The van der Waals surface area contributed by atoms with Crippen LogP contribution in [0.1, 0.15) is 61.3 Å². The summed E-state index contributed by atoms with van der Waals surface area (Å²) in [4.78, 5) is 25.9. The number of amides is 2. The molecule has 2 amide bonds. The number of nitrogens with one attached hydrogen (secondary N) is 2. The summed E-state index contributed by atoms with van der Waals surface area (Å²) in [6.45, 7) is 6.82. The first-order valence-corrected chi connectivity index (χ1v) is 14.4. The number of likely N-dealkylation sites (tertiary alicyclic amines) is 1. The van der Waals surface area contributed by atoms with Crippen LogP contribution in [0.25, 0.3) is 0 Å². The summed E-state index contributed by atoms with van der Waals surface area (Å²) >= 11 is 0. The van der Waals surface area contributed by atoms with Crippen LogP contribution in [-0.4, -0.2) is 74.1 Å². The third kappa shape index (κ3) is 8.50. The summed E-state index contributed by atoms with van der Waals surface area (Å²) in [5.41, 5.74) is 3.71. The molecule has 0 saturated carbocycles. The van der Waals surface area contributed by atoms with Crippen molar-refractivity contribution in [2.45, 2.75) is 64.4 Å². The first kappa shape index (κ1) is 30.9. The van der Waals surface area contributed by atoms with Crippen LogP contribution in [0.15, 0.2) is 48.5 Å². The highest BCUT2D eigenvalue weighted by atomic mass is 16.7. The van der Waals surface area contributed by atoms with Gasteiger partial charge in [0.2, 0.25) is 0 Å². The monoisotopic (exact) mass is 569 g/mol. The van der Waals surface area contributed by atoms with E-state index in [1.807, 2.05) is 48.5 Å². The molecule has 2 aliphatic rings. The number of carbonyl (C=O) groups excluding carboxylic acids is 2. The van der Waals surface area contributed by atoms with Gasteiger partial charge in [0.05, 0.1) is 32.0 Å². The molecule has 0 bridgehead atoms. The summed E-state index contributed by atoms with van der Waals surface area (Å²) < 4.78 is 23.5. The van der Waals surface area contributed by atoms with Gasteiger partial charge < -0.3 is 34.7 Å². The molecule has 0 aliphatic carbocycles. The lowest BCUT2D eigenvalue weighted by molar-refractivity contribution is -0.276. The van der Waals surface area contributed by atoms with Gasteiger partial charge in [0.1, 0.15) is 6.54 Å². The second kappa shape index (κ2) is 15.3. The summed E-state index contributed by atoms with van der Waals surface area (Å²) in [7, 11) is 1.75. The molecule has 2 aliphatic heterocycles. The molecular weight excluding hydrogens is 526 g/mol. The number of hydrogen-bond donors (Lipinski definition) is 3. The van der Waals surface area contributed by atoms with E-state index in [9.17, 15) is 14.7 Å². The van der Waals surface area contributed by atoms with E-state index in [2.05, 4.69) is 22.5 Å². The minimum Gasteiger partial charge on any atom is -0.465 e. The maximum atomic E-state index is 12.0. The fourth-order valence-corrected chi connectivity index (χ4v) is 5.48. The molecule has 2 heterocycles. The number of urea groups is 1. The van der Waals surface area contributed by atoms with Crippen LogP contribution in [-0.2, 0) is 36.9 Å². The molecule has 2 saturated heterocycles. The molecule has 4 rings (SSSR count). The Kier molecular flexibility index (Phi) is 11.5. The molecule has 3 N–H and O–H groups in total. The first-order valence-electron chi connectivity index (χ1n) is 14.4. The smallest absolute Gasteiger partial charge is 0.325 e. The van der Waals surface area contributed by atoms with Crippen LogP contribution < -0.4 is 10.6 Å². The van der Waals surface area contributed by atoms with Gasteiger partial charge in [-0.25, -0.2) is 4.79 Å². The number of rotatable bonds is 12. The zero-order valence-electron chi connectivity index (χ0n) is 24.2. The number of esters is 1. The van der Waals surface area contributed by atoms with Gasteiger partial charge in [-0.15, -0.1) is 0 Å². The van der Waals surface area contributed by atoms with E-state index in [1.165, 1.54) is 0 Å². The zero-order chi connectivity index (χ0) is 29.2. The normalized spacial score (nSPS) is 24.6. The van der Waals surface area contributed by atoms with Crippen molar-refractivity contribution < 1.29 is 33.6 Å². The Morgan fingerprint density at radius 2 is 1.73 bits per heavy atom. The summed E-state index contributed by atoms with van der Waals surface area (Å²) in [6.07, 6.45) is 1.48. The van der Waals surface area contributed by atoms with Crippen molar-refractivity contribution >= 4 is 12.0 Å². The van der Waals surface area contributed by atoms with E-state index in [1.54, 1.807) is 14.0 Å². The van der Waals surface area contributed by atoms with E-state index in [0.29, 0.717) is 19.2 Å². The Labute approximate surface area is 242 Å². The minimum absolute atomic E-state index is 0.000170. The molecule has 2 aromatic carbocycles. The van der Waals surface area contributed by atoms with Crippen LogP contribution in [0.3, 0.4) is 0 Å². The van der Waals surface area contributed by atoms with Gasteiger partial charge in [0.25, 0.3) is 0 Å². The molecule has 41 heavy (non-hydrogen) atoms. The lowest BCUT2D eigenvalue weighted by Crippen LogP contribution is -2.46. The zero-order valence-corrected chi connectivity index (χ0v) is 24.2. The van der Waals surface area contributed by atoms with Gasteiger partial charge in [-0.2, -0.15) is 0 Å². The van der Waals surface area contributed by atoms with E-state index in [0.717, 1.165) is 48.2 Å². The van der Waals surface area contributed by atoms with E-state index < -0.39 is 18.3 Å². The Morgan fingerprint density at radius 1 is 1.02 bits per heavy atom. The Bertz CT molecular complexity index is 1110. The van der Waals surface area contributed by atoms with Crippen LogP contribution in [0.4, 0.5) is 4.79 Å². The first-order chi connectivity index (χ1) is 19.9. The van der Waals surface area contributed by atoms with Crippen LogP contribution in [0.2, 0.25) is 0 Å². The second-order valence-corrected chi connectivity index (χ2v) is 10.7. The highest BCUT2D eigenvalue weighted by Crippen LogP contribution is 2.42. The van der Waals surface area contributed by atoms with E-state index in [-0.39, 0.29) is 37.9 Å². The highest BCUT2D eigenvalue weighted by molar-refractivity contribution is 5.80. The van der Waals surface area contributed by atoms with Gasteiger partial charge in [0, 0.05) is 37.7 Å². The van der Waals surface area contributed by atoms with Crippen molar-refractivity contribution in [1.29, 1.82) is 0 Å². The van der Waals surface area contributed by atoms with Gasteiger partial charge in [0.15, 0.2) is 6.29 Å². The number of benzene rings is 2. The topological polar surface area (TPSA) is 119 Å². The number of carbonyl (C=O) groups is 2. The molecule has 224 valence electrons. The molecule has 0 radical (unpaired) electrons. The Morgan fingerprint density at radius 3 is 2.41 bits per heavy atom. The molecule has 2 aromatic rings. The molecule has 0 unspecified atom stereocenters. The third-order valence-corrected chi connectivity index (χ3v) is 7.80. The van der Waals surface area contributed by atoms with Crippen LogP contribution in [0, 0.1) is 5.92 Å². The molecule has 5 atom stereocenters. The van der Waals surface area contributed by atoms with Crippen molar-refractivity contribution in [2.24, 2.45) is 5.92 Å². The maximum absolute atomic E-state index is 12.0. The molecule has 0 spiro atoms. The van der Waals surface area contributed by atoms with Crippen molar-refractivity contribution in [2.75, 3.05) is 40.0 Å². The number of ether oxygens (including phenoxy) is 4. The van der Waals surface area contributed by atoms with Crippen molar-refractivity contribution in [3.8, 4) is 0 Å². The van der Waals surface area contributed by atoms with Crippen LogP contribution in [0.5, 0.6) is 0 Å². The maximum Gasteiger partial charge on any atom is 0.325 e. The van der Waals surface area contributed by atoms with Crippen molar-refractivity contribution in [3.63, 3.8) is 0 Å². The standard InChI is InChI=1S/C31H43N3O7/c1-4-39-28(36)17-33-31(37)32-16-22-7-13-25(14-8-22)30-40-27(18-34-15-5-6-26(34)20-38-3)21(2)29(41-30)24-11-9-23(19-35)10-12-24/h7-14,21,26-27,29-30,35H,4-6,15-20H2,1-3H3,(H2,32,33,37)/t21-,26+,27+,29+,30+/m1/s1. The fraction of sp³-hybridized carbons (Fsp3) is 0.548. The lowest BCUT2D eigenvalue weighted by Gasteiger charge is -2.43. The average molecular weight is 570 g/mol. The number of hydrogen-bond acceptors (Lipinski definition) is 8. The van der Waals surface area contributed by atoms with E-state index >= 15 is 0 Å². The van der Waals surface area contributed by atoms with Crippen molar-refractivity contribution in [3.05, 3.63) is 70.8 Å². The number of aliphatic hydroxyl groups is 1. The predicted molar refractivity (Wildman–Crippen MR) is 153 cm³/mol. The van der Waals surface area contributed by atoms with Gasteiger partial charge in [-0.3, -0.25) is 9.69 Å². The Hall–Kier alpha value is -3.02. The highest BCUT2D eigenvalue weighted by Gasteiger charge is 2.40. The van der Waals surface area contributed by atoms with Crippen molar-refractivity contribution in [1.82, 2.24) is 15.5 Å². The van der Waals surface area contributed by atoms with Gasteiger partial charge >= 0.3 is 12.0 Å². The molecule has 0 aromatic heterocycles. The van der Waals surface area contributed by atoms with Crippen LogP contribution >= 0.6 is 0 Å². The molecular formula is C31H43N3O7. The average Bonchev–Trinajstić information content (AvgIpc) is 3.43. The Balaban J connectivity index is 1.44. The molecule has 10 heteroatoms. The SMILES string of the molecule is CCOC(=O)CNC(=O)NCc1ccc([C@H]2O[C@@H](CN3CCC[C@H]3COC)[C@@H](C)[C@@H](c3ccc(CO)cc3)O2)cc1. The summed E-state index contributed by atoms with van der Waals surface area (Å²) in [5, 5.41) is 14.7. The molecule has 2 fully saturated rings.